The van der Waals surface area contributed by atoms with E-state index in [1.807, 2.05) is 18.0 Å². The summed E-state index contributed by atoms with van der Waals surface area (Å²) in [6.45, 7) is 6.85. The summed E-state index contributed by atoms with van der Waals surface area (Å²) in [5.41, 5.74) is 9.14. The van der Waals surface area contributed by atoms with Gasteiger partial charge in [0, 0.05) is 49.8 Å². The number of hydrogen-bond acceptors (Lipinski definition) is 3. The molecule has 3 heterocycles. The van der Waals surface area contributed by atoms with Crippen LogP contribution in [0.2, 0.25) is 0 Å². The SMILES string of the molecule is C=NC(=N/C=C\CN1C2=C(C=CCC=C2)Sc2ccccc21)n1c2ccccc2c2ccc3c4cc(C)ccc4n(-c4ccccc4)c3c21. The molecule has 2 aliphatic rings. The van der Waals surface area contributed by atoms with Crippen LogP contribution in [0.3, 0.4) is 0 Å². The standard InChI is InChI=1S/C43H33N5S/c1-29-22-25-36-34(28-29)33-24-23-32-31-16-9-10-17-35(31)48(42(32)41(33)47(36)30-14-5-3-6-15-30)43(44-2)45-26-13-27-46-37-18-7-4-8-20-39(37)49-40-21-12-11-19-38(40)46/h3,5-26,28H,2,4,27H2,1H3/b26-13-,45-43?. The first kappa shape index (κ1) is 29.3. The highest BCUT2D eigenvalue weighted by Gasteiger charge is 2.24. The zero-order chi connectivity index (χ0) is 32.9. The minimum absolute atomic E-state index is 0.530. The first-order valence-corrected chi connectivity index (χ1v) is 17.4. The Balaban J connectivity index is 1.23. The molecular formula is C43H33N5S. The number of aryl methyl sites for hydroxylation is 1. The molecule has 1 aliphatic heterocycles. The molecule has 1 aliphatic carbocycles. The first-order chi connectivity index (χ1) is 24.2. The quantitative estimate of drug-likeness (QED) is 0.140. The van der Waals surface area contributed by atoms with E-state index in [9.17, 15) is 0 Å². The number of aliphatic imine (C=N–C) groups is 2. The fourth-order valence-corrected chi connectivity index (χ4v) is 8.39. The minimum Gasteiger partial charge on any atom is -0.336 e. The fraction of sp³-hybridized carbons (Fsp3) is 0.0698. The van der Waals surface area contributed by atoms with Gasteiger partial charge in [0.2, 0.25) is 5.96 Å². The number of para-hydroxylation sites is 3. The summed E-state index contributed by atoms with van der Waals surface area (Å²) >= 11 is 1.83. The van der Waals surface area contributed by atoms with Crippen LogP contribution in [0.4, 0.5) is 5.69 Å². The van der Waals surface area contributed by atoms with Gasteiger partial charge in [-0.05, 0) is 80.8 Å². The number of aromatic nitrogens is 2. The number of allylic oxidation sites excluding steroid dienone is 4. The molecule has 0 N–H and O–H groups in total. The average molecular weight is 652 g/mol. The number of hydrogen-bond donors (Lipinski definition) is 0. The molecule has 0 saturated carbocycles. The fourth-order valence-electron chi connectivity index (χ4n) is 7.28. The van der Waals surface area contributed by atoms with E-state index >= 15 is 0 Å². The largest absolute Gasteiger partial charge is 0.336 e. The molecule has 0 radical (unpaired) electrons. The second-order valence-corrected chi connectivity index (χ2v) is 13.4. The summed E-state index contributed by atoms with van der Waals surface area (Å²) < 4.78 is 4.56. The van der Waals surface area contributed by atoms with Crippen LogP contribution < -0.4 is 4.90 Å². The predicted molar refractivity (Wildman–Crippen MR) is 210 cm³/mol. The maximum Gasteiger partial charge on any atom is 0.234 e. The zero-order valence-electron chi connectivity index (χ0n) is 27.1. The Bertz CT molecular complexity index is 2610. The Kier molecular flexibility index (Phi) is 7.17. The summed E-state index contributed by atoms with van der Waals surface area (Å²) in [5, 5.41) is 4.71. The van der Waals surface area contributed by atoms with Gasteiger partial charge in [-0.25, -0.2) is 9.98 Å². The van der Waals surface area contributed by atoms with Crippen LogP contribution in [0.5, 0.6) is 0 Å². The van der Waals surface area contributed by atoms with Gasteiger partial charge in [-0.15, -0.1) is 0 Å². The van der Waals surface area contributed by atoms with Crippen molar-refractivity contribution in [1.29, 1.82) is 0 Å². The molecule has 0 fully saturated rings. The number of rotatable bonds is 4. The van der Waals surface area contributed by atoms with Crippen molar-refractivity contribution in [1.82, 2.24) is 9.13 Å². The molecule has 7 aromatic rings. The van der Waals surface area contributed by atoms with Crippen molar-refractivity contribution >= 4 is 73.7 Å². The van der Waals surface area contributed by atoms with E-state index in [2.05, 4.69) is 172 Å². The molecule has 49 heavy (non-hydrogen) atoms. The topological polar surface area (TPSA) is 37.8 Å². The van der Waals surface area contributed by atoms with E-state index in [1.54, 1.807) is 0 Å². The summed E-state index contributed by atoms with van der Waals surface area (Å²) in [6, 6.07) is 38.9. The van der Waals surface area contributed by atoms with E-state index in [1.165, 1.54) is 37.5 Å². The Morgan fingerprint density at radius 3 is 2.43 bits per heavy atom. The van der Waals surface area contributed by atoms with Gasteiger partial charge >= 0.3 is 0 Å². The first-order valence-electron chi connectivity index (χ1n) is 16.6. The molecule has 9 rings (SSSR count). The smallest absolute Gasteiger partial charge is 0.234 e. The summed E-state index contributed by atoms with van der Waals surface area (Å²) in [4.78, 5) is 14.4. The highest BCUT2D eigenvalue weighted by molar-refractivity contribution is 8.03. The third-order valence-electron chi connectivity index (χ3n) is 9.39. The van der Waals surface area contributed by atoms with Crippen LogP contribution in [0.1, 0.15) is 12.0 Å². The number of benzene rings is 5. The van der Waals surface area contributed by atoms with Crippen molar-refractivity contribution < 1.29 is 0 Å². The molecule has 236 valence electrons. The maximum absolute atomic E-state index is 5.01. The van der Waals surface area contributed by atoms with Crippen molar-refractivity contribution in [3.8, 4) is 5.69 Å². The molecule has 0 spiro atoms. The Morgan fingerprint density at radius 2 is 1.55 bits per heavy atom. The normalized spacial score (nSPS) is 14.8. The van der Waals surface area contributed by atoms with Crippen molar-refractivity contribution in [3.63, 3.8) is 0 Å². The summed E-state index contributed by atoms with van der Waals surface area (Å²) in [6.07, 6.45) is 13.8. The minimum atomic E-state index is 0.530. The molecule has 6 heteroatoms. The van der Waals surface area contributed by atoms with Crippen molar-refractivity contribution in [2.45, 2.75) is 18.2 Å². The van der Waals surface area contributed by atoms with Gasteiger partial charge in [0.15, 0.2) is 0 Å². The lowest BCUT2D eigenvalue weighted by Gasteiger charge is -2.32. The molecule has 0 amide bonds. The third kappa shape index (κ3) is 4.79. The zero-order valence-corrected chi connectivity index (χ0v) is 27.9. The van der Waals surface area contributed by atoms with Crippen LogP contribution in [0.15, 0.2) is 171 Å². The van der Waals surface area contributed by atoms with E-state index < -0.39 is 0 Å². The lowest BCUT2D eigenvalue weighted by Crippen LogP contribution is -2.25. The molecule has 0 unspecified atom stereocenters. The van der Waals surface area contributed by atoms with E-state index in [0.29, 0.717) is 12.5 Å². The number of thioether (sulfide) groups is 1. The van der Waals surface area contributed by atoms with E-state index in [-0.39, 0.29) is 0 Å². The highest BCUT2D eigenvalue weighted by Crippen LogP contribution is 2.45. The average Bonchev–Trinajstić information content (AvgIpc) is 3.53. The molecule has 2 aromatic heterocycles. The van der Waals surface area contributed by atoms with Gasteiger partial charge < -0.3 is 9.47 Å². The molecule has 0 atom stereocenters. The summed E-state index contributed by atoms with van der Waals surface area (Å²) in [5.74, 6) is 0.530. The predicted octanol–water partition coefficient (Wildman–Crippen LogP) is 11.0. The van der Waals surface area contributed by atoms with E-state index in [4.69, 9.17) is 4.99 Å². The van der Waals surface area contributed by atoms with Gasteiger partial charge in [0.25, 0.3) is 0 Å². The number of anilines is 1. The van der Waals surface area contributed by atoms with Crippen LogP contribution in [0, 0.1) is 6.92 Å². The molecule has 0 bridgehead atoms. The third-order valence-corrected chi connectivity index (χ3v) is 10.5. The van der Waals surface area contributed by atoms with Crippen molar-refractivity contribution in [2.75, 3.05) is 11.4 Å². The van der Waals surface area contributed by atoms with Gasteiger partial charge in [0.1, 0.15) is 0 Å². The molecule has 5 nitrogen and oxygen atoms in total. The van der Waals surface area contributed by atoms with E-state index in [0.717, 1.165) is 44.9 Å². The molecule has 5 aromatic carbocycles. The number of nitrogens with zero attached hydrogens (tertiary/aromatic N) is 5. The van der Waals surface area contributed by atoms with Crippen molar-refractivity contribution in [3.05, 3.63) is 162 Å². The Labute approximate surface area is 289 Å². The lowest BCUT2D eigenvalue weighted by molar-refractivity contribution is 1.01. The second-order valence-electron chi connectivity index (χ2n) is 12.3. The van der Waals surface area contributed by atoms with Crippen LogP contribution in [-0.4, -0.2) is 28.4 Å². The van der Waals surface area contributed by atoms with Gasteiger partial charge in [-0.2, -0.15) is 0 Å². The van der Waals surface area contributed by atoms with Gasteiger partial charge in [-0.1, -0.05) is 96.2 Å². The summed E-state index contributed by atoms with van der Waals surface area (Å²) in [7, 11) is 0. The molecule has 0 saturated heterocycles. The van der Waals surface area contributed by atoms with Crippen LogP contribution >= 0.6 is 11.8 Å². The number of fused-ring (bicyclic) bond motifs is 8. The maximum atomic E-state index is 5.01. The van der Waals surface area contributed by atoms with Crippen LogP contribution in [-0.2, 0) is 0 Å². The Morgan fingerprint density at radius 1 is 0.776 bits per heavy atom. The van der Waals surface area contributed by atoms with Crippen LogP contribution in [0.25, 0.3) is 49.3 Å². The highest BCUT2D eigenvalue weighted by atomic mass is 32.2. The lowest BCUT2D eigenvalue weighted by atomic mass is 10.1. The monoisotopic (exact) mass is 651 g/mol. The van der Waals surface area contributed by atoms with Gasteiger partial charge in [-0.3, -0.25) is 4.57 Å². The van der Waals surface area contributed by atoms with Gasteiger partial charge in [0.05, 0.1) is 33.5 Å². The Hall–Kier alpha value is -5.85. The second kappa shape index (κ2) is 12.0. The molecular weight excluding hydrogens is 619 g/mol. The van der Waals surface area contributed by atoms with Crippen molar-refractivity contribution in [2.24, 2.45) is 9.98 Å².